The van der Waals surface area contributed by atoms with Crippen molar-refractivity contribution in [2.24, 2.45) is 0 Å². The van der Waals surface area contributed by atoms with E-state index in [1.165, 1.54) is 0 Å². The van der Waals surface area contributed by atoms with Crippen molar-refractivity contribution in [2.75, 3.05) is 32.8 Å². The number of piperidine rings is 1. The minimum absolute atomic E-state index is 0.0156. The molecule has 2 aliphatic heterocycles. The van der Waals surface area contributed by atoms with Gasteiger partial charge in [-0.3, -0.25) is 4.79 Å². The zero-order chi connectivity index (χ0) is 12.5. The summed E-state index contributed by atoms with van der Waals surface area (Å²) < 4.78 is 5.61. The molecule has 2 aliphatic rings. The van der Waals surface area contributed by atoms with Crippen molar-refractivity contribution in [2.45, 2.75) is 37.9 Å². The standard InChI is InChI=1S/C12H22N2O3/c1-11(16)4-3-5-14(9-11)10(15)6-17-12(2)7-13-8-12/h13,16H,3-9H2,1-2H3. The van der Waals surface area contributed by atoms with Crippen LogP contribution in [0.3, 0.4) is 0 Å². The van der Waals surface area contributed by atoms with Gasteiger partial charge in [0.2, 0.25) is 5.91 Å². The second-order valence-corrected chi connectivity index (χ2v) is 5.76. The smallest absolute Gasteiger partial charge is 0.248 e. The molecule has 1 amide bonds. The molecule has 0 saturated carbocycles. The highest BCUT2D eigenvalue weighted by atomic mass is 16.5. The Labute approximate surface area is 102 Å². The molecule has 0 spiro atoms. The van der Waals surface area contributed by atoms with Crippen LogP contribution in [0.15, 0.2) is 0 Å². The molecular weight excluding hydrogens is 220 g/mol. The average molecular weight is 242 g/mol. The molecule has 0 aliphatic carbocycles. The van der Waals surface area contributed by atoms with E-state index >= 15 is 0 Å². The molecule has 2 rings (SSSR count). The summed E-state index contributed by atoms with van der Waals surface area (Å²) in [6.07, 6.45) is 1.62. The predicted molar refractivity (Wildman–Crippen MR) is 63.7 cm³/mol. The third kappa shape index (κ3) is 3.18. The molecule has 2 heterocycles. The molecule has 0 aromatic heterocycles. The van der Waals surface area contributed by atoms with Gasteiger partial charge in [-0.2, -0.15) is 0 Å². The number of β-amino-alcohol motifs (C(OH)–C–C–N with tert-alkyl or cyclic N) is 1. The van der Waals surface area contributed by atoms with Gasteiger partial charge in [0.1, 0.15) is 6.61 Å². The molecule has 2 fully saturated rings. The Morgan fingerprint density at radius 2 is 2.18 bits per heavy atom. The van der Waals surface area contributed by atoms with E-state index in [9.17, 15) is 9.90 Å². The van der Waals surface area contributed by atoms with Crippen LogP contribution in [-0.2, 0) is 9.53 Å². The Morgan fingerprint density at radius 1 is 1.47 bits per heavy atom. The number of nitrogens with zero attached hydrogens (tertiary/aromatic N) is 1. The molecule has 5 nitrogen and oxygen atoms in total. The Kier molecular flexibility index (Phi) is 3.43. The minimum Gasteiger partial charge on any atom is -0.388 e. The molecule has 2 saturated heterocycles. The van der Waals surface area contributed by atoms with Crippen molar-refractivity contribution in [1.82, 2.24) is 10.2 Å². The van der Waals surface area contributed by atoms with Gasteiger partial charge in [-0.05, 0) is 26.7 Å². The van der Waals surface area contributed by atoms with Gasteiger partial charge in [-0.15, -0.1) is 0 Å². The van der Waals surface area contributed by atoms with Crippen LogP contribution in [0, 0.1) is 0 Å². The molecule has 98 valence electrons. The fraction of sp³-hybridized carbons (Fsp3) is 0.917. The number of carbonyl (C=O) groups excluding carboxylic acids is 1. The van der Waals surface area contributed by atoms with E-state index in [1.807, 2.05) is 6.92 Å². The highest BCUT2D eigenvalue weighted by Crippen LogP contribution is 2.21. The van der Waals surface area contributed by atoms with Crippen LogP contribution in [0.25, 0.3) is 0 Å². The van der Waals surface area contributed by atoms with E-state index in [-0.39, 0.29) is 18.1 Å². The molecule has 1 unspecified atom stereocenters. The largest absolute Gasteiger partial charge is 0.388 e. The molecule has 0 bridgehead atoms. The van der Waals surface area contributed by atoms with Gasteiger partial charge in [0, 0.05) is 26.2 Å². The molecule has 0 aromatic carbocycles. The lowest BCUT2D eigenvalue weighted by atomic mass is 9.95. The number of amides is 1. The highest BCUT2D eigenvalue weighted by molar-refractivity contribution is 5.77. The van der Waals surface area contributed by atoms with Gasteiger partial charge in [-0.25, -0.2) is 0 Å². The first-order valence-electron chi connectivity index (χ1n) is 6.25. The van der Waals surface area contributed by atoms with Crippen LogP contribution >= 0.6 is 0 Å². The first-order chi connectivity index (χ1) is 7.90. The van der Waals surface area contributed by atoms with Gasteiger partial charge in [0.05, 0.1) is 11.2 Å². The lowest BCUT2D eigenvalue weighted by Crippen LogP contribution is -2.60. The third-order valence-corrected chi connectivity index (χ3v) is 3.57. The maximum Gasteiger partial charge on any atom is 0.248 e. The summed E-state index contributed by atoms with van der Waals surface area (Å²) >= 11 is 0. The van der Waals surface area contributed by atoms with Crippen molar-refractivity contribution >= 4 is 5.91 Å². The summed E-state index contributed by atoms with van der Waals surface area (Å²) in [5, 5.41) is 13.1. The second-order valence-electron chi connectivity index (χ2n) is 5.76. The number of rotatable bonds is 3. The van der Waals surface area contributed by atoms with Crippen LogP contribution in [0.1, 0.15) is 26.7 Å². The fourth-order valence-electron chi connectivity index (χ4n) is 2.34. The maximum atomic E-state index is 11.9. The summed E-state index contributed by atoms with van der Waals surface area (Å²) in [5.74, 6) is -0.0156. The van der Waals surface area contributed by atoms with Crippen LogP contribution in [0.5, 0.6) is 0 Å². The van der Waals surface area contributed by atoms with Crippen molar-refractivity contribution in [3.05, 3.63) is 0 Å². The summed E-state index contributed by atoms with van der Waals surface area (Å²) in [5.41, 5.74) is -0.927. The SMILES string of the molecule is CC1(O)CCCN(C(=O)COC2(C)CNC2)C1. The van der Waals surface area contributed by atoms with E-state index in [0.29, 0.717) is 6.54 Å². The monoisotopic (exact) mass is 242 g/mol. The first kappa shape index (κ1) is 12.8. The summed E-state index contributed by atoms with van der Waals surface area (Å²) in [4.78, 5) is 13.6. The summed E-state index contributed by atoms with van der Waals surface area (Å²) in [6, 6.07) is 0. The van der Waals surface area contributed by atoms with E-state index in [1.54, 1.807) is 11.8 Å². The molecule has 0 radical (unpaired) electrons. The van der Waals surface area contributed by atoms with Crippen molar-refractivity contribution in [3.63, 3.8) is 0 Å². The van der Waals surface area contributed by atoms with Crippen LogP contribution in [0.2, 0.25) is 0 Å². The summed E-state index contributed by atoms with van der Waals surface area (Å²) in [7, 11) is 0. The molecule has 17 heavy (non-hydrogen) atoms. The van der Waals surface area contributed by atoms with Crippen LogP contribution in [-0.4, -0.2) is 59.9 Å². The van der Waals surface area contributed by atoms with Gasteiger partial charge in [-0.1, -0.05) is 0 Å². The quantitative estimate of drug-likeness (QED) is 0.716. The molecule has 0 aromatic rings. The fourth-order valence-corrected chi connectivity index (χ4v) is 2.34. The number of likely N-dealkylation sites (tertiary alicyclic amines) is 1. The van der Waals surface area contributed by atoms with Gasteiger partial charge in [0.25, 0.3) is 0 Å². The van der Waals surface area contributed by atoms with E-state index in [2.05, 4.69) is 5.32 Å². The Balaban J connectivity index is 1.79. The first-order valence-corrected chi connectivity index (χ1v) is 6.25. The summed E-state index contributed by atoms with van der Waals surface area (Å²) in [6.45, 7) is 6.66. The highest BCUT2D eigenvalue weighted by Gasteiger charge is 2.35. The lowest BCUT2D eigenvalue weighted by molar-refractivity contribution is -0.151. The average Bonchev–Trinajstić information content (AvgIpc) is 2.22. The molecular formula is C12H22N2O3. The topological polar surface area (TPSA) is 61.8 Å². The predicted octanol–water partition coefficient (Wildman–Crippen LogP) is -0.262. The van der Waals surface area contributed by atoms with Crippen molar-refractivity contribution < 1.29 is 14.6 Å². The number of nitrogens with one attached hydrogen (secondary N) is 1. The Bertz CT molecular complexity index is 300. The number of ether oxygens (including phenoxy) is 1. The molecule has 1 atom stereocenters. The zero-order valence-electron chi connectivity index (χ0n) is 10.7. The van der Waals surface area contributed by atoms with Crippen molar-refractivity contribution in [1.29, 1.82) is 0 Å². The van der Waals surface area contributed by atoms with Gasteiger partial charge in [0.15, 0.2) is 0 Å². The number of hydrogen-bond acceptors (Lipinski definition) is 4. The lowest BCUT2D eigenvalue weighted by Gasteiger charge is -2.40. The van der Waals surface area contributed by atoms with Crippen LogP contribution < -0.4 is 5.32 Å². The molecule has 2 N–H and O–H groups in total. The van der Waals surface area contributed by atoms with Crippen LogP contribution in [0.4, 0.5) is 0 Å². The van der Waals surface area contributed by atoms with Gasteiger partial charge < -0.3 is 20.1 Å². The van der Waals surface area contributed by atoms with E-state index < -0.39 is 5.60 Å². The van der Waals surface area contributed by atoms with Crippen molar-refractivity contribution in [3.8, 4) is 0 Å². The van der Waals surface area contributed by atoms with E-state index in [4.69, 9.17) is 4.74 Å². The second kappa shape index (κ2) is 4.55. The zero-order valence-corrected chi connectivity index (χ0v) is 10.7. The molecule has 5 heteroatoms. The van der Waals surface area contributed by atoms with Gasteiger partial charge >= 0.3 is 0 Å². The third-order valence-electron chi connectivity index (χ3n) is 3.57. The number of aliphatic hydroxyl groups is 1. The Hall–Kier alpha value is -0.650. The van der Waals surface area contributed by atoms with E-state index in [0.717, 1.165) is 32.5 Å². The maximum absolute atomic E-state index is 11.9. The normalized spacial score (nSPS) is 32.1. The minimum atomic E-state index is -0.740. The Morgan fingerprint density at radius 3 is 2.71 bits per heavy atom. The number of hydrogen-bond donors (Lipinski definition) is 2. The number of carbonyl (C=O) groups is 1.